The van der Waals surface area contributed by atoms with Crippen molar-refractivity contribution in [3.8, 4) is 17.2 Å². The third-order valence-corrected chi connectivity index (χ3v) is 3.92. The number of rotatable bonds is 10. The van der Waals surface area contributed by atoms with Gasteiger partial charge in [0.15, 0.2) is 6.61 Å². The topological polar surface area (TPSA) is 99.9 Å². The monoisotopic (exact) mass is 408 g/mol. The highest BCUT2D eigenvalue weighted by Gasteiger charge is 2.07. The van der Waals surface area contributed by atoms with Crippen LogP contribution in [0.3, 0.4) is 0 Å². The number of carbonyl (C=O) groups excluding carboxylic acids is 1. The highest BCUT2D eigenvalue weighted by atomic mass is 16.6. The van der Waals surface area contributed by atoms with E-state index in [4.69, 9.17) is 14.2 Å². The summed E-state index contributed by atoms with van der Waals surface area (Å²) in [6.07, 6.45) is 0. The number of hydrogen-bond donors (Lipinski definition) is 1. The van der Waals surface area contributed by atoms with E-state index in [1.54, 1.807) is 24.3 Å². The van der Waals surface area contributed by atoms with Gasteiger partial charge in [0.1, 0.15) is 30.5 Å². The second-order valence-corrected chi connectivity index (χ2v) is 6.12. The molecule has 0 saturated heterocycles. The summed E-state index contributed by atoms with van der Waals surface area (Å²) in [5, 5.41) is 13.3. The van der Waals surface area contributed by atoms with Gasteiger partial charge in [-0.15, -0.1) is 0 Å². The van der Waals surface area contributed by atoms with Crippen LogP contribution in [0.4, 0.5) is 11.4 Å². The van der Waals surface area contributed by atoms with Gasteiger partial charge >= 0.3 is 0 Å². The van der Waals surface area contributed by atoms with E-state index in [0.717, 1.165) is 5.75 Å². The Morgan fingerprint density at radius 1 is 0.767 bits per heavy atom. The first-order valence-electron chi connectivity index (χ1n) is 9.18. The Kier molecular flexibility index (Phi) is 7.21. The fourth-order valence-electron chi connectivity index (χ4n) is 2.48. The molecule has 0 aliphatic carbocycles. The van der Waals surface area contributed by atoms with E-state index in [-0.39, 0.29) is 18.2 Å². The third kappa shape index (κ3) is 6.52. The first-order valence-corrected chi connectivity index (χ1v) is 9.18. The fourth-order valence-corrected chi connectivity index (χ4v) is 2.48. The molecule has 1 N–H and O–H groups in total. The number of benzene rings is 3. The Bertz CT molecular complexity index is 959. The summed E-state index contributed by atoms with van der Waals surface area (Å²) in [7, 11) is 0. The molecule has 3 aromatic rings. The standard InChI is InChI=1S/C22H20N2O6/c25-22(16-30-21-12-8-18(9-13-21)24(26)27)23-17-6-10-20(11-7-17)29-15-14-28-19-4-2-1-3-5-19/h1-13H,14-16H2,(H,23,25). The maximum absolute atomic E-state index is 12.0. The molecular formula is C22H20N2O6. The van der Waals surface area contributed by atoms with Crippen LogP contribution in [-0.4, -0.2) is 30.7 Å². The van der Waals surface area contributed by atoms with Gasteiger partial charge in [-0.3, -0.25) is 14.9 Å². The Hall–Kier alpha value is -4.07. The lowest BCUT2D eigenvalue weighted by molar-refractivity contribution is -0.384. The van der Waals surface area contributed by atoms with Crippen LogP contribution in [0.15, 0.2) is 78.9 Å². The average molecular weight is 408 g/mol. The molecule has 154 valence electrons. The second-order valence-electron chi connectivity index (χ2n) is 6.12. The summed E-state index contributed by atoms with van der Waals surface area (Å²) < 4.78 is 16.5. The van der Waals surface area contributed by atoms with Gasteiger partial charge in [0.2, 0.25) is 0 Å². The number of nitro benzene ring substituents is 1. The minimum atomic E-state index is -0.500. The van der Waals surface area contributed by atoms with E-state index in [1.807, 2.05) is 30.3 Å². The van der Waals surface area contributed by atoms with Crippen molar-refractivity contribution >= 4 is 17.3 Å². The molecule has 8 nitrogen and oxygen atoms in total. The number of hydrogen-bond acceptors (Lipinski definition) is 6. The van der Waals surface area contributed by atoms with Crippen molar-refractivity contribution in [3.05, 3.63) is 89.0 Å². The van der Waals surface area contributed by atoms with E-state index in [0.29, 0.717) is 30.4 Å². The maximum atomic E-state index is 12.0. The van der Waals surface area contributed by atoms with E-state index < -0.39 is 4.92 Å². The van der Waals surface area contributed by atoms with E-state index in [1.165, 1.54) is 24.3 Å². The van der Waals surface area contributed by atoms with Crippen molar-refractivity contribution in [2.75, 3.05) is 25.1 Å². The van der Waals surface area contributed by atoms with Gasteiger partial charge in [0, 0.05) is 17.8 Å². The Balaban J connectivity index is 1.38. The first kappa shape index (κ1) is 20.7. The Labute approximate surface area is 173 Å². The van der Waals surface area contributed by atoms with Crippen molar-refractivity contribution in [2.24, 2.45) is 0 Å². The molecule has 8 heteroatoms. The number of ether oxygens (including phenoxy) is 3. The van der Waals surface area contributed by atoms with Gasteiger partial charge in [0.05, 0.1) is 4.92 Å². The highest BCUT2D eigenvalue weighted by Crippen LogP contribution is 2.18. The molecule has 0 atom stereocenters. The van der Waals surface area contributed by atoms with Crippen LogP contribution in [0.25, 0.3) is 0 Å². The fraction of sp³-hybridized carbons (Fsp3) is 0.136. The van der Waals surface area contributed by atoms with Crippen LogP contribution in [0.2, 0.25) is 0 Å². The van der Waals surface area contributed by atoms with Crippen molar-refractivity contribution < 1.29 is 23.9 Å². The van der Waals surface area contributed by atoms with Gasteiger partial charge < -0.3 is 19.5 Å². The van der Waals surface area contributed by atoms with Crippen molar-refractivity contribution in [1.29, 1.82) is 0 Å². The van der Waals surface area contributed by atoms with Crippen molar-refractivity contribution in [2.45, 2.75) is 0 Å². The zero-order chi connectivity index (χ0) is 21.2. The molecule has 0 aromatic heterocycles. The molecule has 0 unspecified atom stereocenters. The van der Waals surface area contributed by atoms with Crippen molar-refractivity contribution in [1.82, 2.24) is 0 Å². The molecule has 1 amide bonds. The summed E-state index contributed by atoms with van der Waals surface area (Å²) in [4.78, 5) is 22.1. The number of carbonyl (C=O) groups is 1. The van der Waals surface area contributed by atoms with Crippen molar-refractivity contribution in [3.63, 3.8) is 0 Å². The molecule has 0 bridgehead atoms. The van der Waals surface area contributed by atoms with Crippen LogP contribution in [0, 0.1) is 10.1 Å². The number of amides is 1. The number of nitro groups is 1. The maximum Gasteiger partial charge on any atom is 0.269 e. The smallest absolute Gasteiger partial charge is 0.269 e. The summed E-state index contributed by atoms with van der Waals surface area (Å²) >= 11 is 0. The van der Waals surface area contributed by atoms with Gasteiger partial charge in [-0.05, 0) is 48.5 Å². The van der Waals surface area contributed by atoms with E-state index >= 15 is 0 Å². The SMILES string of the molecule is O=C(COc1ccc([N+](=O)[O-])cc1)Nc1ccc(OCCOc2ccccc2)cc1. The van der Waals surface area contributed by atoms with Crippen LogP contribution < -0.4 is 19.5 Å². The summed E-state index contributed by atoms with van der Waals surface area (Å²) in [5.41, 5.74) is 0.556. The molecule has 0 aliphatic rings. The lowest BCUT2D eigenvalue weighted by atomic mass is 10.3. The average Bonchev–Trinajstić information content (AvgIpc) is 2.77. The minimum absolute atomic E-state index is 0.0410. The minimum Gasteiger partial charge on any atom is -0.490 e. The molecule has 0 heterocycles. The molecule has 3 rings (SSSR count). The number of anilines is 1. The van der Waals surface area contributed by atoms with Crippen LogP contribution in [-0.2, 0) is 4.79 Å². The van der Waals surface area contributed by atoms with E-state index in [9.17, 15) is 14.9 Å². The zero-order valence-corrected chi connectivity index (χ0v) is 16.0. The predicted octanol–water partition coefficient (Wildman–Crippen LogP) is 4.07. The number of non-ortho nitro benzene ring substituents is 1. The molecular weight excluding hydrogens is 388 g/mol. The molecule has 3 aromatic carbocycles. The lowest BCUT2D eigenvalue weighted by Crippen LogP contribution is -2.20. The Morgan fingerprint density at radius 2 is 1.30 bits per heavy atom. The van der Waals surface area contributed by atoms with Crippen LogP contribution in [0.1, 0.15) is 0 Å². The quantitative estimate of drug-likeness (QED) is 0.308. The molecule has 0 radical (unpaired) electrons. The third-order valence-electron chi connectivity index (χ3n) is 3.92. The zero-order valence-electron chi connectivity index (χ0n) is 16.0. The first-order chi connectivity index (χ1) is 14.6. The summed E-state index contributed by atoms with van der Waals surface area (Å²) in [6, 6.07) is 21.9. The number of nitrogens with one attached hydrogen (secondary N) is 1. The normalized spacial score (nSPS) is 10.1. The van der Waals surface area contributed by atoms with Crippen LogP contribution in [0.5, 0.6) is 17.2 Å². The summed E-state index contributed by atoms with van der Waals surface area (Å²) in [6.45, 7) is 0.596. The molecule has 0 aliphatic heterocycles. The Morgan fingerprint density at radius 3 is 1.90 bits per heavy atom. The van der Waals surface area contributed by atoms with E-state index in [2.05, 4.69) is 5.32 Å². The largest absolute Gasteiger partial charge is 0.490 e. The van der Waals surface area contributed by atoms with Gasteiger partial charge in [-0.25, -0.2) is 0 Å². The lowest BCUT2D eigenvalue weighted by Gasteiger charge is -2.10. The number of nitrogens with zero attached hydrogens (tertiary/aromatic N) is 1. The van der Waals surface area contributed by atoms with Gasteiger partial charge in [-0.1, -0.05) is 18.2 Å². The predicted molar refractivity (Wildman–Crippen MR) is 111 cm³/mol. The number of para-hydroxylation sites is 1. The molecule has 0 spiro atoms. The molecule has 0 saturated carbocycles. The second kappa shape index (κ2) is 10.5. The summed E-state index contributed by atoms with van der Waals surface area (Å²) in [5.74, 6) is 1.47. The van der Waals surface area contributed by atoms with Gasteiger partial charge in [0.25, 0.3) is 11.6 Å². The van der Waals surface area contributed by atoms with Gasteiger partial charge in [-0.2, -0.15) is 0 Å². The molecule has 0 fully saturated rings. The molecule has 30 heavy (non-hydrogen) atoms. The van der Waals surface area contributed by atoms with Crippen LogP contribution >= 0.6 is 0 Å². The highest BCUT2D eigenvalue weighted by molar-refractivity contribution is 5.91.